The van der Waals surface area contributed by atoms with Crippen LogP contribution in [0.2, 0.25) is 0 Å². The molecule has 36 heavy (non-hydrogen) atoms. The van der Waals surface area contributed by atoms with Crippen molar-refractivity contribution in [3.05, 3.63) is 124 Å². The van der Waals surface area contributed by atoms with Crippen molar-refractivity contribution in [3.8, 4) is 0 Å². The Hall–Kier alpha value is -4.19. The third-order valence-corrected chi connectivity index (χ3v) is 7.16. The summed E-state index contributed by atoms with van der Waals surface area (Å²) in [7, 11) is 0. The zero-order valence-corrected chi connectivity index (χ0v) is 20.0. The summed E-state index contributed by atoms with van der Waals surface area (Å²) in [6, 6.07) is 25.5. The van der Waals surface area contributed by atoms with Crippen molar-refractivity contribution in [2.45, 2.75) is 38.5 Å². The number of carbonyl (C=O) groups excluding carboxylic acids is 2. The number of ether oxygens (including phenoxy) is 1. The number of nitrogens with zero attached hydrogens (tertiary/aromatic N) is 3. The lowest BCUT2D eigenvalue weighted by Crippen LogP contribution is -2.36. The Morgan fingerprint density at radius 2 is 1.78 bits per heavy atom. The molecule has 0 radical (unpaired) electrons. The number of amides is 1. The smallest absolute Gasteiger partial charge is 0.339 e. The van der Waals surface area contributed by atoms with E-state index in [4.69, 9.17) is 4.74 Å². The van der Waals surface area contributed by atoms with Crippen molar-refractivity contribution in [1.29, 1.82) is 0 Å². The van der Waals surface area contributed by atoms with E-state index in [1.807, 2.05) is 53.7 Å². The molecule has 2 aliphatic rings. The van der Waals surface area contributed by atoms with Crippen LogP contribution in [0, 0.1) is 0 Å². The number of hydrogen-bond donors (Lipinski definition) is 0. The number of benzene rings is 3. The first-order valence-electron chi connectivity index (χ1n) is 12.4. The molecule has 4 aromatic rings. The Balaban J connectivity index is 1.16. The van der Waals surface area contributed by atoms with Crippen LogP contribution in [0.15, 0.2) is 85.2 Å². The highest BCUT2D eigenvalue weighted by atomic mass is 16.5. The first-order valence-corrected chi connectivity index (χ1v) is 12.4. The normalized spacial score (nSPS) is 16.7. The summed E-state index contributed by atoms with van der Waals surface area (Å²) < 4.78 is 7.88. The van der Waals surface area contributed by atoms with Crippen molar-refractivity contribution >= 4 is 11.9 Å². The molecule has 3 aromatic carbocycles. The van der Waals surface area contributed by atoms with Crippen LogP contribution in [0.1, 0.15) is 54.9 Å². The number of cyclic esters (lactones) is 1. The number of aromatic nitrogens is 2. The fraction of sp³-hybridized carbons (Fsp3) is 0.233. The minimum Gasteiger partial charge on any atom is -0.454 e. The molecular weight excluding hydrogens is 450 g/mol. The summed E-state index contributed by atoms with van der Waals surface area (Å²) in [5, 5.41) is 0. The van der Waals surface area contributed by atoms with Crippen LogP contribution in [-0.4, -0.2) is 32.9 Å². The number of aryl methyl sites for hydroxylation is 2. The average Bonchev–Trinajstić information content (AvgIpc) is 3.34. The Labute approximate surface area is 210 Å². The van der Waals surface area contributed by atoms with Gasteiger partial charge >= 0.3 is 5.97 Å². The van der Waals surface area contributed by atoms with Crippen LogP contribution in [0.4, 0.5) is 0 Å². The summed E-state index contributed by atoms with van der Waals surface area (Å²) in [4.78, 5) is 32.5. The molecule has 0 bridgehead atoms. The second-order valence-corrected chi connectivity index (χ2v) is 9.42. The molecule has 0 spiro atoms. The first-order chi connectivity index (χ1) is 17.7. The van der Waals surface area contributed by atoms with Gasteiger partial charge in [-0.2, -0.15) is 0 Å². The highest BCUT2D eigenvalue weighted by Gasteiger charge is 2.30. The molecule has 1 amide bonds. The van der Waals surface area contributed by atoms with Crippen molar-refractivity contribution in [2.75, 3.05) is 6.54 Å². The monoisotopic (exact) mass is 477 g/mol. The van der Waals surface area contributed by atoms with E-state index < -0.39 is 0 Å². The summed E-state index contributed by atoms with van der Waals surface area (Å²) in [6.07, 6.45) is 3.85. The van der Waals surface area contributed by atoms with E-state index in [-0.39, 0.29) is 18.0 Å². The fourth-order valence-electron chi connectivity index (χ4n) is 5.20. The first kappa shape index (κ1) is 22.3. The summed E-state index contributed by atoms with van der Waals surface area (Å²) in [5.74, 6) is -0.370. The number of imidazole rings is 1. The Kier molecular flexibility index (Phi) is 5.85. The molecule has 0 fully saturated rings. The molecule has 0 aliphatic carbocycles. The third kappa shape index (κ3) is 4.31. The van der Waals surface area contributed by atoms with Crippen LogP contribution < -0.4 is 0 Å². The van der Waals surface area contributed by atoms with Gasteiger partial charge in [-0.25, -0.2) is 9.78 Å². The molecule has 6 nitrogen and oxygen atoms in total. The van der Waals surface area contributed by atoms with Gasteiger partial charge in [0.15, 0.2) is 0 Å². The quantitative estimate of drug-likeness (QED) is 0.388. The van der Waals surface area contributed by atoms with E-state index >= 15 is 0 Å². The van der Waals surface area contributed by atoms with Gasteiger partial charge in [-0.1, -0.05) is 60.7 Å². The Morgan fingerprint density at radius 1 is 1.00 bits per heavy atom. The maximum absolute atomic E-state index is 13.4. The van der Waals surface area contributed by atoms with E-state index in [2.05, 4.69) is 33.8 Å². The standard InChI is InChI=1S/C30H27N3O3/c34-29(23-11-12-25-24(17-23)18-28(36-30(25)35)22-9-5-2-6-10-22)32-16-14-27-26(19-32)31-20-33(27)15-13-21-7-3-1-4-8-21/h1-12,17,20,28H,13-16,18-19H2. The van der Waals surface area contributed by atoms with Gasteiger partial charge in [-0.05, 0) is 41.3 Å². The molecule has 1 atom stereocenters. The lowest BCUT2D eigenvalue weighted by molar-refractivity contribution is 0.0252. The van der Waals surface area contributed by atoms with Gasteiger partial charge in [0.2, 0.25) is 0 Å². The predicted molar refractivity (Wildman–Crippen MR) is 136 cm³/mol. The maximum atomic E-state index is 13.4. The van der Waals surface area contributed by atoms with Gasteiger partial charge in [0.25, 0.3) is 5.91 Å². The van der Waals surface area contributed by atoms with Crippen LogP contribution in [-0.2, 0) is 37.1 Å². The average molecular weight is 478 g/mol. The molecule has 2 aliphatic heterocycles. The minimum absolute atomic E-state index is 0.0301. The van der Waals surface area contributed by atoms with Gasteiger partial charge in [-0.3, -0.25) is 4.79 Å². The Morgan fingerprint density at radius 3 is 2.58 bits per heavy atom. The SMILES string of the molecule is O=C1OC(c2ccccc2)Cc2cc(C(=O)N3CCc4c(ncn4CCc4ccccc4)C3)ccc21. The topological polar surface area (TPSA) is 64.4 Å². The molecule has 3 heterocycles. The Bertz CT molecular complexity index is 1410. The minimum atomic E-state index is -0.340. The molecule has 1 unspecified atom stereocenters. The van der Waals surface area contributed by atoms with Gasteiger partial charge in [0.05, 0.1) is 24.1 Å². The van der Waals surface area contributed by atoms with E-state index in [1.54, 1.807) is 12.1 Å². The second-order valence-electron chi connectivity index (χ2n) is 9.42. The number of hydrogen-bond acceptors (Lipinski definition) is 4. The van der Waals surface area contributed by atoms with E-state index in [1.165, 1.54) is 11.3 Å². The van der Waals surface area contributed by atoms with Gasteiger partial charge in [0.1, 0.15) is 6.10 Å². The van der Waals surface area contributed by atoms with Crippen molar-refractivity contribution < 1.29 is 14.3 Å². The number of rotatable bonds is 5. The highest BCUT2D eigenvalue weighted by molar-refractivity contribution is 5.98. The largest absolute Gasteiger partial charge is 0.454 e. The molecule has 1 aromatic heterocycles. The lowest BCUT2D eigenvalue weighted by atomic mass is 9.93. The number of carbonyl (C=O) groups is 2. The molecule has 0 saturated heterocycles. The second kappa shape index (κ2) is 9.46. The van der Waals surface area contributed by atoms with E-state index in [0.29, 0.717) is 30.6 Å². The summed E-state index contributed by atoms with van der Waals surface area (Å²) in [6.45, 7) is 2.02. The molecule has 0 N–H and O–H groups in total. The fourth-order valence-corrected chi connectivity index (χ4v) is 5.20. The van der Waals surface area contributed by atoms with Crippen LogP contribution >= 0.6 is 0 Å². The van der Waals surface area contributed by atoms with Crippen LogP contribution in [0.5, 0.6) is 0 Å². The van der Waals surface area contributed by atoms with E-state index in [9.17, 15) is 9.59 Å². The third-order valence-electron chi connectivity index (χ3n) is 7.16. The van der Waals surface area contributed by atoms with Crippen molar-refractivity contribution in [2.24, 2.45) is 0 Å². The molecule has 0 saturated carbocycles. The van der Waals surface area contributed by atoms with Crippen molar-refractivity contribution in [3.63, 3.8) is 0 Å². The zero-order chi connectivity index (χ0) is 24.5. The van der Waals surface area contributed by atoms with Crippen molar-refractivity contribution in [1.82, 2.24) is 14.5 Å². The molecule has 6 heteroatoms. The van der Waals surface area contributed by atoms with Crippen LogP contribution in [0.25, 0.3) is 0 Å². The zero-order valence-electron chi connectivity index (χ0n) is 20.0. The molecule has 6 rings (SSSR count). The molecular formula is C30H27N3O3. The van der Waals surface area contributed by atoms with Gasteiger partial charge in [0, 0.05) is 37.2 Å². The number of esters is 1. The predicted octanol–water partition coefficient (Wildman–Crippen LogP) is 4.78. The van der Waals surface area contributed by atoms with E-state index in [0.717, 1.165) is 36.2 Å². The molecule has 180 valence electrons. The number of fused-ring (bicyclic) bond motifs is 2. The lowest BCUT2D eigenvalue weighted by Gasteiger charge is -2.28. The highest BCUT2D eigenvalue weighted by Crippen LogP contribution is 2.31. The maximum Gasteiger partial charge on any atom is 0.339 e. The summed E-state index contributed by atoms with van der Waals surface area (Å²) in [5.41, 5.74) is 6.44. The van der Waals surface area contributed by atoms with Gasteiger partial charge < -0.3 is 14.2 Å². The summed E-state index contributed by atoms with van der Waals surface area (Å²) >= 11 is 0. The van der Waals surface area contributed by atoms with Crippen LogP contribution in [0.3, 0.4) is 0 Å². The van der Waals surface area contributed by atoms with Gasteiger partial charge in [-0.15, -0.1) is 0 Å².